The molecule has 0 aliphatic heterocycles. The fourth-order valence-electron chi connectivity index (χ4n) is 2.41. The molecule has 2 rings (SSSR count). The molecule has 18 heavy (non-hydrogen) atoms. The maximum atomic E-state index is 11.3. The van der Waals surface area contributed by atoms with Gasteiger partial charge in [0.15, 0.2) is 0 Å². The number of benzene rings is 1. The summed E-state index contributed by atoms with van der Waals surface area (Å²) in [5.74, 6) is 0.289. The molecule has 1 saturated carbocycles. The second kappa shape index (κ2) is 5.72. The van der Waals surface area contributed by atoms with Crippen molar-refractivity contribution in [3.63, 3.8) is 0 Å². The number of esters is 1. The first-order valence-corrected chi connectivity index (χ1v) is 6.58. The molecule has 1 aliphatic rings. The van der Waals surface area contributed by atoms with Gasteiger partial charge in [0.25, 0.3) is 0 Å². The monoisotopic (exact) mass is 267 g/mol. The van der Waals surface area contributed by atoms with Gasteiger partial charge in [-0.3, -0.25) is 4.79 Å². The van der Waals surface area contributed by atoms with Crippen LogP contribution in [0.3, 0.4) is 0 Å². The number of hydrogen-bond donors (Lipinski definition) is 1. The fraction of sp³-hybridized carbons (Fsp3) is 0.500. The Morgan fingerprint density at radius 3 is 2.72 bits per heavy atom. The van der Waals surface area contributed by atoms with Crippen LogP contribution in [0.15, 0.2) is 24.3 Å². The normalized spacial score (nSPS) is 24.2. The summed E-state index contributed by atoms with van der Waals surface area (Å²) in [6.45, 7) is 1.83. The van der Waals surface area contributed by atoms with Crippen LogP contribution in [0.4, 0.5) is 0 Å². The lowest BCUT2D eigenvalue weighted by atomic mass is 9.75. The van der Waals surface area contributed by atoms with E-state index in [9.17, 15) is 4.79 Å². The quantitative estimate of drug-likeness (QED) is 0.853. The highest BCUT2D eigenvalue weighted by Gasteiger charge is 2.33. The Balaban J connectivity index is 1.84. The predicted molar refractivity (Wildman–Crippen MR) is 71.8 cm³/mol. The second-order valence-electron chi connectivity index (χ2n) is 4.80. The fourth-order valence-corrected chi connectivity index (χ4v) is 2.70. The minimum Gasteiger partial charge on any atom is -0.468 e. The van der Waals surface area contributed by atoms with E-state index in [0.717, 1.165) is 17.9 Å². The van der Waals surface area contributed by atoms with Gasteiger partial charge in [-0.2, -0.15) is 0 Å². The molecule has 0 spiro atoms. The predicted octanol–water partition coefficient (Wildman–Crippen LogP) is 2.74. The van der Waals surface area contributed by atoms with Crippen molar-refractivity contribution in [2.45, 2.75) is 37.8 Å². The van der Waals surface area contributed by atoms with E-state index in [1.807, 2.05) is 25.1 Å². The topological polar surface area (TPSA) is 38.3 Å². The Kier molecular flexibility index (Phi) is 4.25. The Hall–Kier alpha value is -1.06. The van der Waals surface area contributed by atoms with Crippen molar-refractivity contribution in [3.8, 4) is 0 Å². The van der Waals surface area contributed by atoms with Gasteiger partial charge in [0, 0.05) is 11.1 Å². The largest absolute Gasteiger partial charge is 0.468 e. The Morgan fingerprint density at radius 1 is 1.44 bits per heavy atom. The average Bonchev–Trinajstić information content (AvgIpc) is 2.33. The highest BCUT2D eigenvalue weighted by molar-refractivity contribution is 6.31. The van der Waals surface area contributed by atoms with Crippen molar-refractivity contribution in [3.05, 3.63) is 34.9 Å². The lowest BCUT2D eigenvalue weighted by Crippen LogP contribution is -2.47. The summed E-state index contributed by atoms with van der Waals surface area (Å²) in [5.41, 5.74) is 1.21. The molecule has 0 heterocycles. The van der Waals surface area contributed by atoms with Crippen molar-refractivity contribution >= 4 is 17.6 Å². The third kappa shape index (κ3) is 2.85. The number of carbonyl (C=O) groups is 1. The van der Waals surface area contributed by atoms with Crippen molar-refractivity contribution in [2.75, 3.05) is 7.11 Å². The van der Waals surface area contributed by atoms with E-state index in [4.69, 9.17) is 11.6 Å². The third-order valence-corrected chi connectivity index (χ3v) is 3.87. The molecular weight excluding hydrogens is 250 g/mol. The summed E-state index contributed by atoms with van der Waals surface area (Å²) >= 11 is 6.16. The summed E-state index contributed by atoms with van der Waals surface area (Å²) in [7, 11) is 1.41. The highest BCUT2D eigenvalue weighted by atomic mass is 35.5. The van der Waals surface area contributed by atoms with Gasteiger partial charge < -0.3 is 10.1 Å². The summed E-state index contributed by atoms with van der Waals surface area (Å²) in [5, 5.41) is 4.10. The van der Waals surface area contributed by atoms with Crippen molar-refractivity contribution < 1.29 is 9.53 Å². The summed E-state index contributed by atoms with van der Waals surface area (Å²) < 4.78 is 4.69. The van der Waals surface area contributed by atoms with Crippen molar-refractivity contribution in [1.82, 2.24) is 5.32 Å². The lowest BCUT2D eigenvalue weighted by molar-refractivity contribution is -0.143. The summed E-state index contributed by atoms with van der Waals surface area (Å²) in [6.07, 6.45) is 2.04. The molecule has 0 aromatic heterocycles. The van der Waals surface area contributed by atoms with Crippen molar-refractivity contribution in [2.24, 2.45) is 0 Å². The van der Waals surface area contributed by atoms with Crippen LogP contribution in [-0.4, -0.2) is 25.2 Å². The van der Waals surface area contributed by atoms with Crippen molar-refractivity contribution in [1.29, 1.82) is 0 Å². The Labute approximate surface area is 112 Å². The SMILES string of the molecule is COC(=O)[C@@H](C)NC1CC(c2ccccc2Cl)C1. The van der Waals surface area contributed by atoms with Crippen LogP contribution in [0, 0.1) is 0 Å². The average molecular weight is 268 g/mol. The molecular formula is C14H18ClNO2. The molecule has 98 valence electrons. The molecule has 0 bridgehead atoms. The van der Waals surface area contributed by atoms with Crippen LogP contribution in [0.1, 0.15) is 31.2 Å². The number of carbonyl (C=O) groups excluding carboxylic acids is 1. The van der Waals surface area contributed by atoms with Crippen LogP contribution >= 0.6 is 11.6 Å². The van der Waals surface area contributed by atoms with Crippen LogP contribution in [-0.2, 0) is 9.53 Å². The Bertz CT molecular complexity index is 430. The van der Waals surface area contributed by atoms with Crippen LogP contribution in [0.25, 0.3) is 0 Å². The van der Waals surface area contributed by atoms with E-state index < -0.39 is 0 Å². The molecule has 1 aliphatic carbocycles. The number of rotatable bonds is 4. The molecule has 1 atom stereocenters. The standard InChI is InChI=1S/C14H18ClNO2/c1-9(14(17)18-2)16-11-7-10(8-11)12-5-3-4-6-13(12)15/h3-6,9-11,16H,7-8H2,1-2H3/t9-,10?,11?/m1/s1. The number of nitrogens with one attached hydrogen (secondary N) is 1. The van der Waals surface area contributed by atoms with Crippen LogP contribution in [0.2, 0.25) is 5.02 Å². The van der Waals surface area contributed by atoms with E-state index in [-0.39, 0.29) is 12.0 Å². The van der Waals surface area contributed by atoms with Gasteiger partial charge in [-0.15, -0.1) is 0 Å². The van der Waals surface area contributed by atoms with Gasteiger partial charge in [-0.05, 0) is 37.3 Å². The molecule has 0 saturated heterocycles. The molecule has 1 N–H and O–H groups in total. The maximum absolute atomic E-state index is 11.3. The smallest absolute Gasteiger partial charge is 0.322 e. The molecule has 0 amide bonds. The molecule has 1 aromatic rings. The van der Waals surface area contributed by atoms with E-state index >= 15 is 0 Å². The van der Waals surface area contributed by atoms with Crippen LogP contribution in [0.5, 0.6) is 0 Å². The number of hydrogen-bond acceptors (Lipinski definition) is 3. The number of methoxy groups -OCH3 is 1. The Morgan fingerprint density at radius 2 is 2.11 bits per heavy atom. The second-order valence-corrected chi connectivity index (χ2v) is 5.21. The van der Waals surface area contributed by atoms with E-state index in [0.29, 0.717) is 12.0 Å². The molecule has 0 radical (unpaired) electrons. The minimum atomic E-state index is -0.243. The zero-order valence-corrected chi connectivity index (χ0v) is 11.4. The van der Waals surface area contributed by atoms with Gasteiger partial charge in [-0.1, -0.05) is 29.8 Å². The van der Waals surface area contributed by atoms with Gasteiger partial charge >= 0.3 is 5.97 Å². The summed E-state index contributed by atoms with van der Waals surface area (Å²) in [4.78, 5) is 11.3. The van der Waals surface area contributed by atoms with Gasteiger partial charge in [0.2, 0.25) is 0 Å². The minimum absolute atomic E-state index is 0.212. The summed E-state index contributed by atoms with van der Waals surface area (Å²) in [6, 6.07) is 8.09. The lowest BCUT2D eigenvalue weighted by Gasteiger charge is -2.38. The highest BCUT2D eigenvalue weighted by Crippen LogP contribution is 2.39. The van der Waals surface area contributed by atoms with Gasteiger partial charge in [-0.25, -0.2) is 0 Å². The number of halogens is 1. The molecule has 4 heteroatoms. The molecule has 0 unspecified atom stereocenters. The molecule has 1 aromatic carbocycles. The zero-order valence-electron chi connectivity index (χ0n) is 10.7. The maximum Gasteiger partial charge on any atom is 0.322 e. The van der Waals surface area contributed by atoms with Gasteiger partial charge in [0.1, 0.15) is 6.04 Å². The van der Waals surface area contributed by atoms with E-state index in [1.54, 1.807) is 0 Å². The molecule has 1 fully saturated rings. The van der Waals surface area contributed by atoms with E-state index in [1.165, 1.54) is 12.7 Å². The molecule has 3 nitrogen and oxygen atoms in total. The number of ether oxygens (including phenoxy) is 1. The first kappa shape index (κ1) is 13.4. The van der Waals surface area contributed by atoms with E-state index in [2.05, 4.69) is 16.1 Å². The zero-order chi connectivity index (χ0) is 13.1. The van der Waals surface area contributed by atoms with Crippen LogP contribution < -0.4 is 5.32 Å². The third-order valence-electron chi connectivity index (χ3n) is 3.52. The van der Waals surface area contributed by atoms with Gasteiger partial charge in [0.05, 0.1) is 7.11 Å². The first-order chi connectivity index (χ1) is 8.61. The first-order valence-electron chi connectivity index (χ1n) is 6.20.